The Morgan fingerprint density at radius 3 is 2.78 bits per heavy atom. The van der Waals surface area contributed by atoms with E-state index in [1.165, 1.54) is 18.4 Å². The van der Waals surface area contributed by atoms with Crippen molar-refractivity contribution in [1.29, 1.82) is 0 Å². The fourth-order valence-electron chi connectivity index (χ4n) is 2.66. The van der Waals surface area contributed by atoms with Crippen LogP contribution >= 0.6 is 0 Å². The zero-order valence-electron chi connectivity index (χ0n) is 11.6. The molecular weight excluding hydrogens is 226 g/mol. The average molecular weight is 249 g/mol. The molecule has 1 aliphatic heterocycles. The first-order valence-electron chi connectivity index (χ1n) is 6.88. The van der Waals surface area contributed by atoms with Crippen molar-refractivity contribution >= 4 is 5.91 Å². The summed E-state index contributed by atoms with van der Waals surface area (Å²) in [6.45, 7) is 4.84. The summed E-state index contributed by atoms with van der Waals surface area (Å²) in [6.07, 6.45) is 8.53. The molecule has 0 spiro atoms. The van der Waals surface area contributed by atoms with Gasteiger partial charge in [-0.25, -0.2) is 0 Å². The average Bonchev–Trinajstić information content (AvgIpc) is 2.63. The third kappa shape index (κ3) is 2.74. The van der Waals surface area contributed by atoms with Gasteiger partial charge in [0.1, 0.15) is 0 Å². The first kappa shape index (κ1) is 13.1. The predicted molar refractivity (Wildman–Crippen MR) is 71.0 cm³/mol. The molecule has 18 heavy (non-hydrogen) atoms. The summed E-state index contributed by atoms with van der Waals surface area (Å²) in [6, 6.07) is 0.219. The van der Waals surface area contributed by atoms with Gasteiger partial charge in [-0.3, -0.25) is 9.48 Å². The Morgan fingerprint density at radius 1 is 1.39 bits per heavy atom. The van der Waals surface area contributed by atoms with E-state index in [4.69, 9.17) is 0 Å². The summed E-state index contributed by atoms with van der Waals surface area (Å²) in [5.74, 6) is 0.341. The second kappa shape index (κ2) is 5.55. The lowest BCUT2D eigenvalue weighted by Gasteiger charge is -2.31. The lowest BCUT2D eigenvalue weighted by molar-refractivity contribution is -0.137. The molecule has 100 valence electrons. The minimum atomic E-state index is 0.0715. The number of carbonyl (C=O) groups excluding carboxylic acids is 1. The van der Waals surface area contributed by atoms with E-state index >= 15 is 0 Å². The molecule has 4 nitrogen and oxygen atoms in total. The molecule has 1 fully saturated rings. The molecule has 0 unspecified atom stereocenters. The van der Waals surface area contributed by atoms with Gasteiger partial charge in [-0.2, -0.15) is 5.10 Å². The summed E-state index contributed by atoms with van der Waals surface area (Å²) < 4.78 is 1.82. The summed E-state index contributed by atoms with van der Waals surface area (Å²) in [5, 5.41) is 4.24. The van der Waals surface area contributed by atoms with Crippen LogP contribution in [-0.4, -0.2) is 27.1 Å². The summed E-state index contributed by atoms with van der Waals surface area (Å²) in [4.78, 5) is 14.4. The maximum atomic E-state index is 12.3. The van der Waals surface area contributed by atoms with Crippen molar-refractivity contribution in [2.75, 3.05) is 6.54 Å². The number of hydrogen-bond donors (Lipinski definition) is 0. The standard InChI is InChI=1S/C14H23N3O/c1-11(2)14(18)17-8-6-4-5-7-13(17)12-9-15-16(3)10-12/h9-11,13H,4-8H2,1-3H3/t13-/m0/s1. The van der Waals surface area contributed by atoms with Gasteiger partial charge in [-0.05, 0) is 12.8 Å². The summed E-state index contributed by atoms with van der Waals surface area (Å²) in [7, 11) is 1.93. The van der Waals surface area contributed by atoms with Crippen LogP contribution in [0.3, 0.4) is 0 Å². The van der Waals surface area contributed by atoms with Gasteiger partial charge in [-0.15, -0.1) is 0 Å². The maximum Gasteiger partial charge on any atom is 0.225 e. The van der Waals surface area contributed by atoms with Crippen LogP contribution in [0.25, 0.3) is 0 Å². The van der Waals surface area contributed by atoms with Crippen LogP contribution in [0, 0.1) is 5.92 Å². The van der Waals surface area contributed by atoms with Crippen molar-refractivity contribution in [3.63, 3.8) is 0 Å². The second-order valence-corrected chi connectivity index (χ2v) is 5.50. The van der Waals surface area contributed by atoms with E-state index in [9.17, 15) is 4.79 Å². The van der Waals surface area contributed by atoms with Crippen LogP contribution in [0.5, 0.6) is 0 Å². The Kier molecular flexibility index (Phi) is 4.04. The van der Waals surface area contributed by atoms with E-state index in [0.29, 0.717) is 0 Å². The number of rotatable bonds is 2. The molecule has 1 aromatic rings. The molecular formula is C14H23N3O. The molecule has 4 heteroatoms. The predicted octanol–water partition coefficient (Wildman–Crippen LogP) is 2.52. The highest BCUT2D eigenvalue weighted by Gasteiger charge is 2.28. The van der Waals surface area contributed by atoms with Gasteiger partial charge in [0.2, 0.25) is 5.91 Å². The number of aromatic nitrogens is 2. The van der Waals surface area contributed by atoms with Crippen LogP contribution in [-0.2, 0) is 11.8 Å². The van der Waals surface area contributed by atoms with Crippen molar-refractivity contribution in [3.8, 4) is 0 Å². The molecule has 1 saturated heterocycles. The zero-order chi connectivity index (χ0) is 13.1. The Bertz CT molecular complexity index is 411. The van der Waals surface area contributed by atoms with Gasteiger partial charge >= 0.3 is 0 Å². The van der Waals surface area contributed by atoms with Crippen LogP contribution in [0.2, 0.25) is 0 Å². The number of likely N-dealkylation sites (tertiary alicyclic amines) is 1. The topological polar surface area (TPSA) is 38.1 Å². The highest BCUT2D eigenvalue weighted by atomic mass is 16.2. The van der Waals surface area contributed by atoms with E-state index in [2.05, 4.69) is 10.00 Å². The van der Waals surface area contributed by atoms with Crippen LogP contribution in [0.1, 0.15) is 51.1 Å². The molecule has 0 N–H and O–H groups in total. The van der Waals surface area contributed by atoms with E-state index in [-0.39, 0.29) is 17.9 Å². The third-order valence-electron chi connectivity index (χ3n) is 3.64. The van der Waals surface area contributed by atoms with E-state index in [0.717, 1.165) is 19.4 Å². The maximum absolute atomic E-state index is 12.3. The minimum absolute atomic E-state index is 0.0715. The Morgan fingerprint density at radius 2 is 2.17 bits per heavy atom. The van der Waals surface area contributed by atoms with E-state index < -0.39 is 0 Å². The summed E-state index contributed by atoms with van der Waals surface area (Å²) >= 11 is 0. The van der Waals surface area contributed by atoms with Crippen LogP contribution < -0.4 is 0 Å². The molecule has 1 aliphatic rings. The highest BCUT2D eigenvalue weighted by Crippen LogP contribution is 2.30. The van der Waals surface area contributed by atoms with Gasteiger partial charge in [-0.1, -0.05) is 26.7 Å². The number of hydrogen-bond acceptors (Lipinski definition) is 2. The van der Waals surface area contributed by atoms with Crippen molar-refractivity contribution in [2.45, 2.75) is 45.6 Å². The van der Waals surface area contributed by atoms with Gasteiger partial charge in [0.15, 0.2) is 0 Å². The molecule has 0 aliphatic carbocycles. The number of nitrogens with zero attached hydrogens (tertiary/aromatic N) is 3. The Labute approximate surface area is 109 Å². The van der Waals surface area contributed by atoms with E-state index in [1.807, 2.05) is 38.0 Å². The molecule has 1 aromatic heterocycles. The van der Waals surface area contributed by atoms with Crippen molar-refractivity contribution in [1.82, 2.24) is 14.7 Å². The summed E-state index contributed by atoms with van der Waals surface area (Å²) in [5.41, 5.74) is 1.17. The number of amides is 1. The van der Waals surface area contributed by atoms with Crippen molar-refractivity contribution < 1.29 is 4.79 Å². The second-order valence-electron chi connectivity index (χ2n) is 5.50. The highest BCUT2D eigenvalue weighted by molar-refractivity contribution is 5.78. The molecule has 1 amide bonds. The van der Waals surface area contributed by atoms with Crippen molar-refractivity contribution in [3.05, 3.63) is 18.0 Å². The molecule has 2 heterocycles. The van der Waals surface area contributed by atoms with E-state index in [1.54, 1.807) is 0 Å². The molecule has 0 aromatic carbocycles. The molecule has 1 atom stereocenters. The lowest BCUT2D eigenvalue weighted by atomic mass is 10.0. The van der Waals surface area contributed by atoms with Crippen LogP contribution in [0.4, 0.5) is 0 Å². The fourth-order valence-corrected chi connectivity index (χ4v) is 2.66. The molecule has 0 saturated carbocycles. The number of aryl methyl sites for hydroxylation is 1. The largest absolute Gasteiger partial charge is 0.335 e. The Balaban J connectivity index is 2.24. The third-order valence-corrected chi connectivity index (χ3v) is 3.64. The van der Waals surface area contributed by atoms with Gasteiger partial charge in [0.05, 0.1) is 12.2 Å². The normalized spacial score (nSPS) is 21.1. The van der Waals surface area contributed by atoms with Gasteiger partial charge in [0.25, 0.3) is 0 Å². The smallest absolute Gasteiger partial charge is 0.225 e. The fraction of sp³-hybridized carbons (Fsp3) is 0.714. The first-order valence-corrected chi connectivity index (χ1v) is 6.88. The van der Waals surface area contributed by atoms with Crippen molar-refractivity contribution in [2.24, 2.45) is 13.0 Å². The zero-order valence-corrected chi connectivity index (χ0v) is 11.6. The monoisotopic (exact) mass is 249 g/mol. The number of carbonyl (C=O) groups is 1. The first-order chi connectivity index (χ1) is 8.59. The molecule has 2 rings (SSSR count). The SMILES string of the molecule is CC(C)C(=O)N1CCCCC[C@H]1c1cnn(C)c1. The molecule has 0 bridgehead atoms. The Hall–Kier alpha value is -1.32. The lowest BCUT2D eigenvalue weighted by Crippen LogP contribution is -2.37. The quantitative estimate of drug-likeness (QED) is 0.807. The minimum Gasteiger partial charge on any atom is -0.335 e. The van der Waals surface area contributed by atoms with Gasteiger partial charge in [0, 0.05) is 31.3 Å². The van der Waals surface area contributed by atoms with Crippen LogP contribution in [0.15, 0.2) is 12.4 Å². The van der Waals surface area contributed by atoms with Gasteiger partial charge < -0.3 is 4.90 Å². The molecule has 0 radical (unpaired) electrons.